The lowest BCUT2D eigenvalue weighted by Crippen LogP contribution is -2.39. The Bertz CT molecular complexity index is 246. The van der Waals surface area contributed by atoms with Crippen LogP contribution in [0.4, 0.5) is 0 Å². The van der Waals surface area contributed by atoms with Gasteiger partial charge in [0.2, 0.25) is 5.91 Å². The Morgan fingerprint density at radius 1 is 1.41 bits per heavy atom. The van der Waals surface area contributed by atoms with Crippen molar-refractivity contribution in [2.75, 3.05) is 6.54 Å². The van der Waals surface area contributed by atoms with Gasteiger partial charge in [-0.25, -0.2) is 0 Å². The predicted octanol–water partition coefficient (Wildman–Crippen LogP) is 2.33. The highest BCUT2D eigenvalue weighted by molar-refractivity contribution is 5.85. The number of hydrogen-bond acceptors (Lipinski definition) is 2. The number of hydrogen-bond donors (Lipinski definition) is 2. The van der Waals surface area contributed by atoms with Gasteiger partial charge in [-0.05, 0) is 30.1 Å². The van der Waals surface area contributed by atoms with Crippen molar-refractivity contribution in [1.29, 1.82) is 0 Å². The first-order chi connectivity index (χ1) is 7.30. The maximum absolute atomic E-state index is 11.7. The van der Waals surface area contributed by atoms with Crippen molar-refractivity contribution in [2.24, 2.45) is 23.0 Å². The molecule has 3 N–H and O–H groups in total. The Morgan fingerprint density at radius 2 is 1.94 bits per heavy atom. The predicted molar refractivity (Wildman–Crippen MR) is 74.2 cm³/mol. The van der Waals surface area contributed by atoms with E-state index in [1.54, 1.807) is 0 Å². The summed E-state index contributed by atoms with van der Waals surface area (Å²) in [5, 5.41) is 2.94. The number of nitrogens with two attached hydrogens (primary N) is 1. The quantitative estimate of drug-likeness (QED) is 0.799. The number of nitrogens with one attached hydrogen (secondary N) is 1. The molecule has 102 valence electrons. The van der Waals surface area contributed by atoms with Crippen LogP contribution in [0.3, 0.4) is 0 Å². The molecule has 0 aromatic heterocycles. The molecule has 1 aliphatic carbocycles. The minimum Gasteiger partial charge on any atom is -0.355 e. The number of carbonyl (C=O) groups is 1. The first-order valence-electron chi connectivity index (χ1n) is 6.33. The second-order valence-electron chi connectivity index (χ2n) is 6.28. The SMILES string of the molecule is CC(CC(=O)NCC(N)C1CC1)C(C)(C)C.Cl. The van der Waals surface area contributed by atoms with E-state index < -0.39 is 0 Å². The third-order valence-electron chi connectivity index (χ3n) is 3.73. The molecule has 0 heterocycles. The largest absolute Gasteiger partial charge is 0.355 e. The number of amides is 1. The Morgan fingerprint density at radius 3 is 2.35 bits per heavy atom. The van der Waals surface area contributed by atoms with Crippen molar-refractivity contribution in [1.82, 2.24) is 5.32 Å². The Labute approximate surface area is 111 Å². The molecule has 3 nitrogen and oxygen atoms in total. The summed E-state index contributed by atoms with van der Waals surface area (Å²) < 4.78 is 0. The molecule has 1 saturated carbocycles. The molecule has 1 rings (SSSR count). The van der Waals surface area contributed by atoms with Crippen LogP contribution >= 0.6 is 12.4 Å². The van der Waals surface area contributed by atoms with Crippen LogP contribution in [0.25, 0.3) is 0 Å². The van der Waals surface area contributed by atoms with E-state index in [0.29, 0.717) is 24.8 Å². The van der Waals surface area contributed by atoms with Gasteiger partial charge in [0.05, 0.1) is 0 Å². The molecule has 17 heavy (non-hydrogen) atoms. The summed E-state index contributed by atoms with van der Waals surface area (Å²) in [5.74, 6) is 1.18. The molecular weight excluding hydrogens is 236 g/mol. The third kappa shape index (κ3) is 6.27. The van der Waals surface area contributed by atoms with E-state index in [0.717, 1.165) is 0 Å². The second kappa shape index (κ2) is 6.60. The van der Waals surface area contributed by atoms with Gasteiger partial charge in [-0.15, -0.1) is 12.4 Å². The maximum atomic E-state index is 11.7. The normalized spacial score (nSPS) is 19.1. The van der Waals surface area contributed by atoms with Gasteiger partial charge >= 0.3 is 0 Å². The van der Waals surface area contributed by atoms with Crippen LogP contribution < -0.4 is 11.1 Å². The molecule has 1 aliphatic rings. The summed E-state index contributed by atoms with van der Waals surface area (Å²) in [6.07, 6.45) is 3.06. The minimum atomic E-state index is 0. The number of carbonyl (C=O) groups excluding carboxylic acids is 1. The summed E-state index contributed by atoms with van der Waals surface area (Å²) in [6, 6.07) is 0.161. The van der Waals surface area contributed by atoms with Crippen molar-refractivity contribution in [3.63, 3.8) is 0 Å². The molecule has 0 spiro atoms. The zero-order valence-corrected chi connectivity index (χ0v) is 12.3. The molecule has 0 aromatic carbocycles. The van der Waals surface area contributed by atoms with Crippen LogP contribution in [0.1, 0.15) is 47.0 Å². The lowest BCUT2D eigenvalue weighted by Gasteiger charge is -2.26. The topological polar surface area (TPSA) is 55.1 Å². The van der Waals surface area contributed by atoms with Crippen LogP contribution in [0, 0.1) is 17.3 Å². The summed E-state index contributed by atoms with van der Waals surface area (Å²) in [6.45, 7) is 9.27. The average Bonchev–Trinajstić information content (AvgIpc) is 2.95. The smallest absolute Gasteiger partial charge is 0.220 e. The van der Waals surface area contributed by atoms with Crippen LogP contribution in [0.15, 0.2) is 0 Å². The van der Waals surface area contributed by atoms with Gasteiger partial charge in [0.25, 0.3) is 0 Å². The molecule has 1 fully saturated rings. The van der Waals surface area contributed by atoms with Gasteiger partial charge in [0, 0.05) is 19.0 Å². The van der Waals surface area contributed by atoms with E-state index in [1.807, 2.05) is 0 Å². The van der Waals surface area contributed by atoms with Gasteiger partial charge in [-0.2, -0.15) is 0 Å². The van der Waals surface area contributed by atoms with Crippen molar-refractivity contribution < 1.29 is 4.79 Å². The summed E-state index contributed by atoms with van der Waals surface area (Å²) in [5.41, 5.74) is 6.12. The van der Waals surface area contributed by atoms with Crippen LogP contribution in [0.5, 0.6) is 0 Å². The molecule has 0 bridgehead atoms. The summed E-state index contributed by atoms with van der Waals surface area (Å²) in [4.78, 5) is 11.7. The van der Waals surface area contributed by atoms with E-state index in [2.05, 4.69) is 33.0 Å². The van der Waals surface area contributed by atoms with E-state index in [9.17, 15) is 4.79 Å². The highest BCUT2D eigenvalue weighted by Crippen LogP contribution is 2.31. The fraction of sp³-hybridized carbons (Fsp3) is 0.923. The van der Waals surface area contributed by atoms with Crippen molar-refractivity contribution in [3.8, 4) is 0 Å². The standard InChI is InChI=1S/C13H26N2O.ClH/c1-9(13(2,3)4)7-12(16)15-8-11(14)10-5-6-10;/h9-11H,5-8,14H2,1-4H3,(H,15,16);1H. The monoisotopic (exact) mass is 262 g/mol. The van der Waals surface area contributed by atoms with E-state index in [4.69, 9.17) is 5.73 Å². The molecule has 2 unspecified atom stereocenters. The second-order valence-corrected chi connectivity index (χ2v) is 6.28. The molecular formula is C13H27ClN2O. The van der Waals surface area contributed by atoms with Gasteiger partial charge < -0.3 is 11.1 Å². The average molecular weight is 263 g/mol. The highest BCUT2D eigenvalue weighted by Gasteiger charge is 2.29. The Kier molecular flexibility index (Phi) is 6.49. The zero-order chi connectivity index (χ0) is 12.3. The van der Waals surface area contributed by atoms with Gasteiger partial charge in [-0.1, -0.05) is 27.7 Å². The first kappa shape index (κ1) is 16.7. The van der Waals surface area contributed by atoms with E-state index >= 15 is 0 Å². The van der Waals surface area contributed by atoms with Gasteiger partial charge in [0.1, 0.15) is 0 Å². The zero-order valence-electron chi connectivity index (χ0n) is 11.5. The number of rotatable bonds is 5. The molecule has 2 atom stereocenters. The van der Waals surface area contributed by atoms with Crippen LogP contribution in [-0.4, -0.2) is 18.5 Å². The minimum absolute atomic E-state index is 0. The fourth-order valence-corrected chi connectivity index (χ4v) is 1.58. The van der Waals surface area contributed by atoms with Gasteiger partial charge in [-0.3, -0.25) is 4.79 Å². The highest BCUT2D eigenvalue weighted by atomic mass is 35.5. The van der Waals surface area contributed by atoms with Crippen LogP contribution in [-0.2, 0) is 4.79 Å². The van der Waals surface area contributed by atoms with Crippen molar-refractivity contribution in [2.45, 2.75) is 53.0 Å². The third-order valence-corrected chi connectivity index (χ3v) is 3.73. The molecule has 0 aliphatic heterocycles. The van der Waals surface area contributed by atoms with E-state index in [-0.39, 0.29) is 29.8 Å². The molecule has 0 saturated heterocycles. The number of halogens is 1. The molecule has 1 amide bonds. The van der Waals surface area contributed by atoms with Crippen molar-refractivity contribution >= 4 is 18.3 Å². The maximum Gasteiger partial charge on any atom is 0.220 e. The fourth-order valence-electron chi connectivity index (χ4n) is 1.58. The lowest BCUT2D eigenvalue weighted by atomic mass is 9.80. The Balaban J connectivity index is 0.00000256. The molecule has 4 heteroatoms. The summed E-state index contributed by atoms with van der Waals surface area (Å²) >= 11 is 0. The van der Waals surface area contributed by atoms with Gasteiger partial charge in [0.15, 0.2) is 0 Å². The molecule has 0 radical (unpaired) electrons. The molecule has 0 aromatic rings. The van der Waals surface area contributed by atoms with E-state index in [1.165, 1.54) is 12.8 Å². The Hall–Kier alpha value is -0.280. The van der Waals surface area contributed by atoms with Crippen molar-refractivity contribution in [3.05, 3.63) is 0 Å². The summed E-state index contributed by atoms with van der Waals surface area (Å²) in [7, 11) is 0. The van der Waals surface area contributed by atoms with Crippen LogP contribution in [0.2, 0.25) is 0 Å². The first-order valence-corrected chi connectivity index (χ1v) is 6.33. The lowest BCUT2D eigenvalue weighted by molar-refractivity contribution is -0.122.